The fourth-order valence-corrected chi connectivity index (χ4v) is 2.50. The number of H-pyrrole nitrogens is 1. The van der Waals surface area contributed by atoms with E-state index in [1.54, 1.807) is 0 Å². The minimum atomic E-state index is -0.135. The Bertz CT molecular complexity index is 539. The molecule has 0 spiro atoms. The SMILES string of the molecule is Cc1noc([C@H]2CN(CCc3cn[nH]c3)C[C@@H](C)O2)n1. The Morgan fingerprint density at radius 1 is 1.45 bits per heavy atom. The third-order valence-corrected chi connectivity index (χ3v) is 3.43. The van der Waals surface area contributed by atoms with E-state index in [0.29, 0.717) is 11.7 Å². The van der Waals surface area contributed by atoms with Crippen LogP contribution < -0.4 is 0 Å². The smallest absolute Gasteiger partial charge is 0.257 e. The molecule has 108 valence electrons. The molecular formula is C13H19N5O2. The standard InChI is InChI=1S/C13H19N5O2/c1-9-7-18(4-3-11-5-14-15-6-11)8-12(19-9)13-16-10(2)17-20-13/h5-6,9,12H,3-4,7-8H2,1-2H3,(H,14,15)/t9-,12-/m1/s1. The van der Waals surface area contributed by atoms with E-state index >= 15 is 0 Å². The predicted molar refractivity (Wildman–Crippen MR) is 71.1 cm³/mol. The number of nitrogens with zero attached hydrogens (tertiary/aromatic N) is 4. The summed E-state index contributed by atoms with van der Waals surface area (Å²) < 4.78 is 11.1. The molecule has 1 aliphatic rings. The number of hydrogen-bond donors (Lipinski definition) is 1. The van der Waals surface area contributed by atoms with Crippen LogP contribution in [-0.2, 0) is 11.2 Å². The number of nitrogens with one attached hydrogen (secondary N) is 1. The highest BCUT2D eigenvalue weighted by atomic mass is 16.5. The fraction of sp³-hybridized carbons (Fsp3) is 0.615. The monoisotopic (exact) mass is 277 g/mol. The maximum Gasteiger partial charge on any atom is 0.257 e. The number of ether oxygens (including phenoxy) is 1. The number of aromatic nitrogens is 4. The van der Waals surface area contributed by atoms with Crippen LogP contribution in [0.4, 0.5) is 0 Å². The van der Waals surface area contributed by atoms with E-state index in [0.717, 1.165) is 26.1 Å². The van der Waals surface area contributed by atoms with Gasteiger partial charge in [0.1, 0.15) is 6.10 Å². The van der Waals surface area contributed by atoms with Crippen LogP contribution >= 0.6 is 0 Å². The van der Waals surface area contributed by atoms with Crippen LogP contribution in [0.1, 0.15) is 30.3 Å². The van der Waals surface area contributed by atoms with E-state index < -0.39 is 0 Å². The van der Waals surface area contributed by atoms with Crippen molar-refractivity contribution in [3.63, 3.8) is 0 Å². The largest absolute Gasteiger partial charge is 0.363 e. The van der Waals surface area contributed by atoms with Crippen molar-refractivity contribution in [1.29, 1.82) is 0 Å². The summed E-state index contributed by atoms with van der Waals surface area (Å²) in [4.78, 5) is 6.64. The van der Waals surface area contributed by atoms with E-state index in [4.69, 9.17) is 9.26 Å². The second-order valence-corrected chi connectivity index (χ2v) is 5.23. The van der Waals surface area contributed by atoms with E-state index in [1.807, 2.05) is 19.3 Å². The molecule has 2 aromatic rings. The highest BCUT2D eigenvalue weighted by Crippen LogP contribution is 2.24. The van der Waals surface area contributed by atoms with Crippen molar-refractivity contribution in [2.75, 3.05) is 19.6 Å². The summed E-state index contributed by atoms with van der Waals surface area (Å²) in [6, 6.07) is 0. The molecule has 7 nitrogen and oxygen atoms in total. The van der Waals surface area contributed by atoms with Crippen molar-refractivity contribution < 1.29 is 9.26 Å². The first kappa shape index (κ1) is 13.3. The van der Waals surface area contributed by atoms with Gasteiger partial charge in [0, 0.05) is 25.8 Å². The summed E-state index contributed by atoms with van der Waals surface area (Å²) in [6.45, 7) is 6.55. The van der Waals surface area contributed by atoms with Crippen molar-refractivity contribution in [3.8, 4) is 0 Å². The summed E-state index contributed by atoms with van der Waals surface area (Å²) in [5.74, 6) is 1.22. The number of rotatable bonds is 4. The van der Waals surface area contributed by atoms with Crippen LogP contribution in [0, 0.1) is 6.92 Å². The summed E-state index contributed by atoms with van der Waals surface area (Å²) in [6.07, 6.45) is 4.79. The van der Waals surface area contributed by atoms with Crippen LogP contribution in [0.2, 0.25) is 0 Å². The summed E-state index contributed by atoms with van der Waals surface area (Å²) in [5, 5.41) is 10.6. The molecule has 0 unspecified atom stereocenters. The van der Waals surface area contributed by atoms with E-state index in [1.165, 1.54) is 5.56 Å². The Morgan fingerprint density at radius 3 is 3.05 bits per heavy atom. The molecule has 0 bridgehead atoms. The van der Waals surface area contributed by atoms with Gasteiger partial charge in [-0.1, -0.05) is 5.16 Å². The lowest BCUT2D eigenvalue weighted by Gasteiger charge is -2.35. The van der Waals surface area contributed by atoms with Crippen LogP contribution in [0.15, 0.2) is 16.9 Å². The van der Waals surface area contributed by atoms with Gasteiger partial charge in [-0.15, -0.1) is 0 Å². The molecule has 0 amide bonds. The number of morpholine rings is 1. The fourth-order valence-electron chi connectivity index (χ4n) is 2.50. The Balaban J connectivity index is 1.61. The van der Waals surface area contributed by atoms with Crippen molar-refractivity contribution >= 4 is 0 Å². The van der Waals surface area contributed by atoms with E-state index in [2.05, 4.69) is 32.2 Å². The molecule has 0 aromatic carbocycles. The van der Waals surface area contributed by atoms with Crippen molar-refractivity contribution in [3.05, 3.63) is 29.7 Å². The van der Waals surface area contributed by atoms with Gasteiger partial charge in [-0.25, -0.2) is 0 Å². The first-order valence-electron chi connectivity index (χ1n) is 6.86. The summed E-state index contributed by atoms with van der Waals surface area (Å²) in [5.41, 5.74) is 1.22. The van der Waals surface area contributed by atoms with Crippen molar-refractivity contribution in [1.82, 2.24) is 25.2 Å². The lowest BCUT2D eigenvalue weighted by atomic mass is 10.2. The molecule has 20 heavy (non-hydrogen) atoms. The van der Waals surface area contributed by atoms with Gasteiger partial charge in [-0.2, -0.15) is 10.1 Å². The topological polar surface area (TPSA) is 80.1 Å². The molecule has 7 heteroatoms. The summed E-state index contributed by atoms with van der Waals surface area (Å²) >= 11 is 0. The molecule has 2 aromatic heterocycles. The molecule has 1 aliphatic heterocycles. The highest BCUT2D eigenvalue weighted by Gasteiger charge is 2.29. The maximum absolute atomic E-state index is 5.90. The highest BCUT2D eigenvalue weighted by molar-refractivity contribution is 5.03. The molecule has 2 atom stereocenters. The maximum atomic E-state index is 5.90. The molecule has 0 aliphatic carbocycles. The quantitative estimate of drug-likeness (QED) is 0.901. The molecule has 1 N–H and O–H groups in total. The summed E-state index contributed by atoms with van der Waals surface area (Å²) in [7, 11) is 0. The van der Waals surface area contributed by atoms with E-state index in [-0.39, 0.29) is 12.2 Å². The average molecular weight is 277 g/mol. The van der Waals surface area contributed by atoms with Gasteiger partial charge in [-0.05, 0) is 25.8 Å². The minimum absolute atomic E-state index is 0.135. The van der Waals surface area contributed by atoms with Gasteiger partial charge >= 0.3 is 0 Å². The molecule has 1 fully saturated rings. The molecule has 3 rings (SSSR count). The van der Waals surface area contributed by atoms with Gasteiger partial charge in [-0.3, -0.25) is 10.00 Å². The predicted octanol–water partition coefficient (Wildman–Crippen LogP) is 1.11. The van der Waals surface area contributed by atoms with Crippen LogP contribution in [-0.4, -0.2) is 51.0 Å². The molecular weight excluding hydrogens is 258 g/mol. The normalized spacial score (nSPS) is 24.1. The zero-order valence-corrected chi connectivity index (χ0v) is 11.7. The second kappa shape index (κ2) is 5.72. The zero-order valence-electron chi connectivity index (χ0n) is 11.7. The van der Waals surface area contributed by atoms with Gasteiger partial charge in [0.25, 0.3) is 5.89 Å². The van der Waals surface area contributed by atoms with Crippen LogP contribution in [0.5, 0.6) is 0 Å². The molecule has 3 heterocycles. The lowest BCUT2D eigenvalue weighted by molar-refractivity contribution is -0.0903. The molecule has 0 saturated carbocycles. The Kier molecular flexibility index (Phi) is 3.79. The average Bonchev–Trinajstić information content (AvgIpc) is 3.07. The van der Waals surface area contributed by atoms with Crippen LogP contribution in [0.25, 0.3) is 0 Å². The Hall–Kier alpha value is -1.73. The van der Waals surface area contributed by atoms with Gasteiger partial charge in [0.15, 0.2) is 5.82 Å². The minimum Gasteiger partial charge on any atom is -0.363 e. The molecule has 1 saturated heterocycles. The van der Waals surface area contributed by atoms with E-state index in [9.17, 15) is 0 Å². The zero-order chi connectivity index (χ0) is 13.9. The number of hydrogen-bond acceptors (Lipinski definition) is 6. The first-order chi connectivity index (χ1) is 9.70. The number of aromatic amines is 1. The second-order valence-electron chi connectivity index (χ2n) is 5.23. The van der Waals surface area contributed by atoms with Crippen molar-refractivity contribution in [2.45, 2.75) is 32.5 Å². The van der Waals surface area contributed by atoms with Gasteiger partial charge in [0.2, 0.25) is 0 Å². The third-order valence-electron chi connectivity index (χ3n) is 3.43. The van der Waals surface area contributed by atoms with Crippen molar-refractivity contribution in [2.24, 2.45) is 0 Å². The third kappa shape index (κ3) is 3.05. The van der Waals surface area contributed by atoms with Gasteiger partial charge < -0.3 is 9.26 Å². The number of aryl methyl sites for hydroxylation is 1. The molecule has 0 radical (unpaired) electrons. The van der Waals surface area contributed by atoms with Crippen LogP contribution in [0.3, 0.4) is 0 Å². The Labute approximate surface area is 117 Å². The lowest BCUT2D eigenvalue weighted by Crippen LogP contribution is -2.43. The first-order valence-corrected chi connectivity index (χ1v) is 6.86. The Morgan fingerprint density at radius 2 is 2.35 bits per heavy atom. The van der Waals surface area contributed by atoms with Gasteiger partial charge in [0.05, 0.1) is 12.3 Å².